The predicted molar refractivity (Wildman–Crippen MR) is 290 cm³/mol. The van der Waals surface area contributed by atoms with Crippen LogP contribution < -0.4 is 10.9 Å². The van der Waals surface area contributed by atoms with Crippen LogP contribution in [0.3, 0.4) is 0 Å². The van der Waals surface area contributed by atoms with Crippen molar-refractivity contribution in [3.05, 3.63) is 173 Å². The van der Waals surface area contributed by atoms with Gasteiger partial charge in [-0.2, -0.15) is 0 Å². The van der Waals surface area contributed by atoms with Gasteiger partial charge in [-0.1, -0.05) is 195 Å². The van der Waals surface area contributed by atoms with Crippen LogP contribution in [0.4, 0.5) is 5.69 Å². The first-order valence-corrected chi connectivity index (χ1v) is 24.7. The number of hydrogen-bond acceptors (Lipinski definition) is 3. The Morgan fingerprint density at radius 2 is 1.14 bits per heavy atom. The van der Waals surface area contributed by atoms with Crippen LogP contribution >= 0.6 is 11.3 Å². The molecule has 0 spiro atoms. The number of anilines is 1. The third-order valence-electron chi connectivity index (χ3n) is 12.8. The van der Waals surface area contributed by atoms with E-state index in [1.165, 1.54) is 119 Å². The molecule has 12 aromatic rings. The van der Waals surface area contributed by atoms with Gasteiger partial charge in [0, 0.05) is 55.0 Å². The summed E-state index contributed by atoms with van der Waals surface area (Å²) in [7, 11) is 2.24. The topological polar surface area (TPSA) is 33.4 Å². The summed E-state index contributed by atoms with van der Waals surface area (Å²) >= 11 is 1.87. The number of rotatable bonds is 1. The standard InChI is InChI=1S/C33H22N2.C19H14N2S.4C2H6/c1-34-27-16-7-6-13-25(27)28-21-11-4-5-12-22(21)29-26-15-8-14-23-24-18-17-19-9-2-3-10-20(19)30(24)35(31(23)26)33(29)32(28)34;1-2-6-13-11-14(10-9-12(13)5-1)17-19-18(21-20-17)15-7-3-4-8-16(15)22-19;4*1-2/h2,4-9,11-18H,3,10H2,1H3;1-11,17,20-21H;4*1-2H3. The summed E-state index contributed by atoms with van der Waals surface area (Å²) in [6.07, 6.45) is 6.83. The maximum Gasteiger partial charge on any atom is 0.0874 e. The van der Waals surface area contributed by atoms with Crippen molar-refractivity contribution in [2.45, 2.75) is 74.3 Å². The van der Waals surface area contributed by atoms with Crippen molar-refractivity contribution in [2.75, 3.05) is 5.43 Å². The fraction of sp³-hybridized carbons (Fsp3) is 0.200. The molecule has 0 radical (unpaired) electrons. The van der Waals surface area contributed by atoms with Crippen molar-refractivity contribution in [3.8, 4) is 0 Å². The molecular weight excluding hydrogens is 809 g/mol. The molecule has 5 heteroatoms. The van der Waals surface area contributed by atoms with Crippen LogP contribution in [0.1, 0.15) is 89.4 Å². The van der Waals surface area contributed by atoms with Gasteiger partial charge in [-0.3, -0.25) is 0 Å². The third kappa shape index (κ3) is 6.75. The number of aryl methyl sites for hydroxylation is 2. The Morgan fingerprint density at radius 1 is 0.523 bits per heavy atom. The van der Waals surface area contributed by atoms with Gasteiger partial charge in [-0.25, -0.2) is 5.43 Å². The van der Waals surface area contributed by atoms with Gasteiger partial charge in [-0.15, -0.1) is 11.3 Å². The highest BCUT2D eigenvalue weighted by atomic mass is 32.1. The minimum absolute atomic E-state index is 0.219. The molecule has 1 atom stereocenters. The number of thiophene rings is 1. The Kier molecular flexibility index (Phi) is 12.4. The number of aromatic nitrogens is 2. The molecule has 2 aliphatic rings. The highest BCUT2D eigenvalue weighted by Gasteiger charge is 2.29. The van der Waals surface area contributed by atoms with Gasteiger partial charge in [0.2, 0.25) is 0 Å². The molecule has 0 amide bonds. The van der Waals surface area contributed by atoms with Crippen molar-refractivity contribution in [1.82, 2.24) is 14.4 Å². The van der Waals surface area contributed by atoms with Crippen molar-refractivity contribution >= 4 is 115 Å². The number of benzene rings is 8. The first-order valence-electron chi connectivity index (χ1n) is 23.9. The van der Waals surface area contributed by atoms with Gasteiger partial charge in [0.1, 0.15) is 0 Å². The second-order valence-corrected chi connectivity index (χ2v) is 16.8. The molecule has 326 valence electrons. The van der Waals surface area contributed by atoms with E-state index in [0.29, 0.717) is 0 Å². The van der Waals surface area contributed by atoms with Crippen LogP contribution in [-0.2, 0) is 13.5 Å². The summed E-state index contributed by atoms with van der Waals surface area (Å²) < 4.78 is 6.39. The van der Waals surface area contributed by atoms with Crippen LogP contribution in [0.25, 0.3) is 97.6 Å². The quantitative estimate of drug-likeness (QED) is 0.172. The first kappa shape index (κ1) is 43.6. The Hall–Kier alpha value is -6.66. The van der Waals surface area contributed by atoms with E-state index in [9.17, 15) is 0 Å². The van der Waals surface area contributed by atoms with E-state index in [0.717, 1.165) is 12.8 Å². The molecule has 2 N–H and O–H groups in total. The molecule has 65 heavy (non-hydrogen) atoms. The van der Waals surface area contributed by atoms with E-state index in [2.05, 4.69) is 185 Å². The van der Waals surface area contributed by atoms with E-state index in [1.807, 2.05) is 66.7 Å². The molecule has 1 aliphatic heterocycles. The second-order valence-electron chi connectivity index (χ2n) is 15.7. The lowest BCUT2D eigenvalue weighted by atomic mass is 9.94. The highest BCUT2D eigenvalue weighted by Crippen LogP contribution is 2.49. The van der Waals surface area contributed by atoms with E-state index in [4.69, 9.17) is 0 Å². The Bertz CT molecular complexity index is 3670. The van der Waals surface area contributed by atoms with Crippen molar-refractivity contribution in [1.29, 1.82) is 0 Å². The second kappa shape index (κ2) is 18.4. The fourth-order valence-corrected chi connectivity index (χ4v) is 11.6. The number of fused-ring (bicyclic) bond motifs is 19. The van der Waals surface area contributed by atoms with E-state index in [1.54, 1.807) is 0 Å². The zero-order valence-corrected chi connectivity index (χ0v) is 40.1. The van der Waals surface area contributed by atoms with Gasteiger partial charge in [0.25, 0.3) is 0 Å². The van der Waals surface area contributed by atoms with Crippen LogP contribution in [0.2, 0.25) is 0 Å². The third-order valence-corrected chi connectivity index (χ3v) is 14.0. The normalized spacial score (nSPS) is 13.6. The largest absolute Gasteiger partial charge is 0.342 e. The Balaban J connectivity index is 0.000000153. The number of nitrogens with one attached hydrogen (secondary N) is 2. The van der Waals surface area contributed by atoms with Crippen LogP contribution in [0.15, 0.2) is 152 Å². The Labute approximate surface area is 387 Å². The minimum Gasteiger partial charge on any atom is -0.342 e. The molecule has 0 fully saturated rings. The van der Waals surface area contributed by atoms with Crippen LogP contribution in [0, 0.1) is 0 Å². The van der Waals surface area contributed by atoms with E-state index in [-0.39, 0.29) is 6.04 Å². The fourth-order valence-electron chi connectivity index (χ4n) is 10.3. The maximum atomic E-state index is 3.44. The Morgan fingerprint density at radius 3 is 1.91 bits per heavy atom. The van der Waals surface area contributed by atoms with E-state index >= 15 is 0 Å². The summed E-state index contributed by atoms with van der Waals surface area (Å²) in [6, 6.07) is 53.5. The lowest BCUT2D eigenvalue weighted by Gasteiger charge is -2.13. The summed E-state index contributed by atoms with van der Waals surface area (Å²) in [4.78, 5) is 1.37. The summed E-state index contributed by atoms with van der Waals surface area (Å²) in [5.74, 6) is 0. The molecule has 1 aliphatic carbocycles. The molecule has 0 saturated heterocycles. The summed E-state index contributed by atoms with van der Waals surface area (Å²) in [6.45, 7) is 16.0. The molecule has 14 rings (SSSR count). The first-order chi connectivity index (χ1) is 32.2. The van der Waals surface area contributed by atoms with Crippen LogP contribution in [-0.4, -0.2) is 8.97 Å². The number of nitrogens with zero attached hydrogens (tertiary/aromatic N) is 2. The molecule has 5 heterocycles. The molecular formula is C60H60N4S. The highest BCUT2D eigenvalue weighted by molar-refractivity contribution is 7.20. The molecule has 0 saturated carbocycles. The van der Waals surface area contributed by atoms with Gasteiger partial charge in [0.15, 0.2) is 0 Å². The lowest BCUT2D eigenvalue weighted by Crippen LogP contribution is -2.19. The maximum absolute atomic E-state index is 3.44. The van der Waals surface area contributed by atoms with E-state index < -0.39 is 0 Å². The molecule has 1 unspecified atom stereocenters. The zero-order chi connectivity index (χ0) is 45.4. The lowest BCUT2D eigenvalue weighted by molar-refractivity contribution is 0.738. The zero-order valence-electron chi connectivity index (χ0n) is 39.3. The summed E-state index contributed by atoms with van der Waals surface area (Å²) in [5.41, 5.74) is 18.9. The predicted octanol–water partition coefficient (Wildman–Crippen LogP) is 17.8. The van der Waals surface area contributed by atoms with Crippen molar-refractivity contribution in [2.24, 2.45) is 7.05 Å². The van der Waals surface area contributed by atoms with Crippen molar-refractivity contribution < 1.29 is 0 Å². The van der Waals surface area contributed by atoms with Gasteiger partial charge in [-0.05, 0) is 69.3 Å². The number of para-hydroxylation sites is 2. The number of hydrogen-bond donors (Lipinski definition) is 2. The average molecular weight is 869 g/mol. The van der Waals surface area contributed by atoms with Gasteiger partial charge < -0.3 is 14.4 Å². The number of allylic oxidation sites excluding steroid dienone is 1. The molecule has 4 nitrogen and oxygen atoms in total. The van der Waals surface area contributed by atoms with Gasteiger partial charge >= 0.3 is 0 Å². The van der Waals surface area contributed by atoms with Crippen LogP contribution in [0.5, 0.6) is 0 Å². The molecule has 4 aromatic heterocycles. The average Bonchev–Trinajstić information content (AvgIpc) is 4.21. The smallest absolute Gasteiger partial charge is 0.0874 e. The number of hydrazine groups is 1. The summed E-state index contributed by atoms with van der Waals surface area (Å²) in [5, 5.41) is 14.7. The molecule has 8 aromatic carbocycles. The SMILES string of the molecule is CC.CC.CC.CC.Cn1c2ccccc2c2c3ccccc3c3c4cccc5c6ccc7c(c6n(c54)c3c21)CCC=C7.c1ccc2cc(C3NNc4c3sc3ccccc43)ccc2c1. The minimum atomic E-state index is 0.219. The monoisotopic (exact) mass is 868 g/mol. The van der Waals surface area contributed by atoms with Gasteiger partial charge in [0.05, 0.1) is 38.7 Å². The van der Waals surface area contributed by atoms with Crippen molar-refractivity contribution in [3.63, 3.8) is 0 Å². The molecule has 0 bridgehead atoms.